The Morgan fingerprint density at radius 1 is 0.0794 bits per heavy atom. The summed E-state index contributed by atoms with van der Waals surface area (Å²) in [5, 5.41) is 17.4. The molecule has 0 N–H and O–H groups in total. The molecule has 20 rings (SSSR count). The van der Waals surface area contributed by atoms with E-state index in [1.807, 2.05) is 243 Å². The average Bonchev–Trinajstić information content (AvgIpc) is 0.778. The van der Waals surface area contributed by atoms with E-state index in [1.165, 1.54) is 85.9 Å². The van der Waals surface area contributed by atoms with Crippen molar-refractivity contribution in [2.45, 2.75) is 0 Å². The Morgan fingerprint density at radius 2 is 0.151 bits per heavy atom. The number of hydrogen-bond donors (Lipinski definition) is 0. The molecule has 0 nitrogen and oxygen atoms in total. The van der Waals surface area contributed by atoms with Crippen molar-refractivity contribution in [3.05, 3.63) is 631 Å². The standard InChI is InChI=1S/2C30H24P2.2C12H10.6C6H6.2Fe/c2*1-5-15-25(16-6-1)31(26-17-7-2-8-18-26)29-23-13-14-24-30(29)32(27-19-9-3-10-20-27)28-21-11-4-12-22-28;2*1-3-7-11(8-4-1)12-9-5-2-6-10-12;6*1-2-4-6-5-3-1;;/h2*1-24H;2*1-10H;6*1-6H;;/p+4. The van der Waals surface area contributed by atoms with Crippen molar-refractivity contribution in [2.75, 3.05) is 0 Å². The van der Waals surface area contributed by atoms with E-state index in [1.54, 1.807) is 0 Å². The summed E-state index contributed by atoms with van der Waals surface area (Å²) in [6.45, 7) is 0. The summed E-state index contributed by atoms with van der Waals surface area (Å²) in [4.78, 5) is 0. The van der Waals surface area contributed by atoms with Crippen LogP contribution >= 0.6 is 31.7 Å². The molecule has 0 saturated carbocycles. The molecular formula is C120H108Fe2P4+4. The molecular weight excluding hydrogens is 1680 g/mol. The first-order valence-corrected chi connectivity index (χ1v) is 48.1. The zero-order valence-corrected chi connectivity index (χ0v) is 77.0. The normalized spacial score (nSPS) is 9.75. The molecule has 0 atom stereocenters. The maximum absolute atomic E-state index is 2.38. The number of benzene rings is 20. The van der Waals surface area contributed by atoms with Crippen LogP contribution in [-0.2, 0) is 34.1 Å². The van der Waals surface area contributed by atoms with Gasteiger partial charge in [0.1, 0.15) is 95.3 Å². The Kier molecular flexibility index (Phi) is 46.7. The molecule has 0 unspecified atom stereocenters. The van der Waals surface area contributed by atoms with Crippen molar-refractivity contribution < 1.29 is 34.1 Å². The van der Waals surface area contributed by atoms with Crippen LogP contribution in [-0.4, -0.2) is 0 Å². The van der Waals surface area contributed by atoms with Gasteiger partial charge in [0.05, 0.1) is 0 Å². The van der Waals surface area contributed by atoms with Crippen molar-refractivity contribution in [1.29, 1.82) is 0 Å². The quantitative estimate of drug-likeness (QED) is 0.0752. The van der Waals surface area contributed by atoms with Crippen molar-refractivity contribution in [3.63, 3.8) is 0 Å². The van der Waals surface area contributed by atoms with E-state index in [4.69, 9.17) is 0 Å². The van der Waals surface area contributed by atoms with Gasteiger partial charge in [0.15, 0.2) is 0 Å². The molecule has 0 bridgehead atoms. The molecule has 0 aromatic heterocycles. The fraction of sp³-hybridized carbons (Fsp3) is 0. The predicted octanol–water partition coefficient (Wildman–Crippen LogP) is 26.2. The molecule has 0 heterocycles. The van der Waals surface area contributed by atoms with Crippen molar-refractivity contribution in [2.24, 2.45) is 0 Å². The number of hydrogen-bond acceptors (Lipinski definition) is 0. The van der Waals surface area contributed by atoms with Crippen LogP contribution in [0, 0.1) is 0 Å². The summed E-state index contributed by atoms with van der Waals surface area (Å²) in [6, 6.07) is 220. The van der Waals surface area contributed by atoms with Gasteiger partial charge in [0, 0.05) is 34.1 Å². The van der Waals surface area contributed by atoms with Gasteiger partial charge in [-0.1, -0.05) is 510 Å². The van der Waals surface area contributed by atoms with Crippen LogP contribution in [0.4, 0.5) is 0 Å². The minimum Gasteiger partial charge on any atom is -0.0623 e. The SMILES string of the molecule is [Fe].[Fe].c1ccc(-c2ccccc2)cc1.c1ccc(-c2ccccc2)cc1.c1ccc([PH+](c2ccccc2)c2ccccc2[PH+](c2ccccc2)c2ccccc2)cc1.c1ccc([PH+](c2ccccc2)c2ccccc2[PH+](c2ccccc2)c2ccccc2)cc1.c1ccccc1.c1ccccc1.c1ccccc1.c1ccccc1.c1ccccc1.c1ccccc1. The third kappa shape index (κ3) is 34.7. The second-order valence-corrected chi connectivity index (χ2v) is 37.7. The van der Waals surface area contributed by atoms with Gasteiger partial charge in [-0.15, -0.1) is 0 Å². The van der Waals surface area contributed by atoms with Crippen LogP contribution in [0.2, 0.25) is 0 Å². The van der Waals surface area contributed by atoms with Crippen LogP contribution < -0.4 is 63.7 Å². The monoisotopic (exact) mass is 1780 g/mol. The summed E-state index contributed by atoms with van der Waals surface area (Å²) in [5.74, 6) is 0. The van der Waals surface area contributed by atoms with E-state index >= 15 is 0 Å². The third-order valence-corrected chi connectivity index (χ3v) is 30.9. The molecule has 0 amide bonds. The molecule has 20 aromatic carbocycles. The summed E-state index contributed by atoms with van der Waals surface area (Å²) >= 11 is 0. The first-order chi connectivity index (χ1) is 61.8. The van der Waals surface area contributed by atoms with E-state index in [-0.39, 0.29) is 34.1 Å². The number of rotatable bonds is 14. The molecule has 0 saturated heterocycles. The van der Waals surface area contributed by atoms with E-state index in [2.05, 4.69) is 388 Å². The zero-order valence-electron chi connectivity index (χ0n) is 70.8. The smallest absolute Gasteiger partial charge is 0.0623 e. The summed E-state index contributed by atoms with van der Waals surface area (Å²) < 4.78 is 0. The van der Waals surface area contributed by atoms with Gasteiger partial charge in [-0.25, -0.2) is 0 Å². The largest absolute Gasteiger partial charge is 0.144 e. The fourth-order valence-electron chi connectivity index (χ4n) is 13.4. The van der Waals surface area contributed by atoms with Crippen LogP contribution in [0.15, 0.2) is 631 Å². The first-order valence-electron chi connectivity index (χ1n) is 42.1. The molecule has 620 valence electrons. The Labute approximate surface area is 776 Å². The van der Waals surface area contributed by atoms with Gasteiger partial charge in [-0.3, -0.25) is 0 Å². The molecule has 0 radical (unpaired) electrons. The van der Waals surface area contributed by atoms with Crippen LogP contribution in [0.25, 0.3) is 22.3 Å². The van der Waals surface area contributed by atoms with E-state index in [0.717, 1.165) is 0 Å². The average molecular weight is 1790 g/mol. The van der Waals surface area contributed by atoms with Gasteiger partial charge in [-0.2, -0.15) is 0 Å². The maximum atomic E-state index is 2.38. The zero-order chi connectivity index (χ0) is 85.1. The Hall–Kier alpha value is -12.8. The van der Waals surface area contributed by atoms with Gasteiger partial charge in [0.2, 0.25) is 0 Å². The van der Waals surface area contributed by atoms with Gasteiger partial charge in [0.25, 0.3) is 0 Å². The van der Waals surface area contributed by atoms with Crippen molar-refractivity contribution in [3.8, 4) is 22.3 Å². The third-order valence-electron chi connectivity index (χ3n) is 19.2. The molecule has 6 heteroatoms. The minimum atomic E-state index is -1.14. The second kappa shape index (κ2) is 60.7. The molecule has 0 fully saturated rings. The van der Waals surface area contributed by atoms with Crippen LogP contribution in [0.5, 0.6) is 0 Å². The van der Waals surface area contributed by atoms with Crippen molar-refractivity contribution in [1.82, 2.24) is 0 Å². The van der Waals surface area contributed by atoms with Crippen molar-refractivity contribution >= 4 is 95.3 Å². The summed E-state index contributed by atoms with van der Waals surface area (Å²) in [5.41, 5.74) is 5.10. The van der Waals surface area contributed by atoms with Crippen LogP contribution in [0.1, 0.15) is 0 Å². The predicted molar refractivity (Wildman–Crippen MR) is 556 cm³/mol. The summed E-state index contributed by atoms with van der Waals surface area (Å²) in [6.07, 6.45) is 0. The maximum Gasteiger partial charge on any atom is 0.144 e. The van der Waals surface area contributed by atoms with Gasteiger partial charge >= 0.3 is 0 Å². The van der Waals surface area contributed by atoms with Crippen LogP contribution in [0.3, 0.4) is 0 Å². The van der Waals surface area contributed by atoms with E-state index in [9.17, 15) is 0 Å². The fourth-order valence-corrected chi connectivity index (χ4v) is 25.4. The summed E-state index contributed by atoms with van der Waals surface area (Å²) in [7, 11) is -4.56. The second-order valence-electron chi connectivity index (χ2n) is 27.9. The first kappa shape index (κ1) is 97.0. The topological polar surface area (TPSA) is 0 Å². The Morgan fingerprint density at radius 3 is 0.246 bits per heavy atom. The molecule has 126 heavy (non-hydrogen) atoms. The molecule has 0 spiro atoms. The minimum absolute atomic E-state index is 0. The van der Waals surface area contributed by atoms with E-state index < -0.39 is 31.7 Å². The molecule has 0 aliphatic carbocycles. The molecule has 0 aliphatic rings. The van der Waals surface area contributed by atoms with Gasteiger partial charge < -0.3 is 0 Å². The molecule has 0 aliphatic heterocycles. The Bertz CT molecular complexity index is 4800. The van der Waals surface area contributed by atoms with E-state index in [0.29, 0.717) is 0 Å². The molecule has 20 aromatic rings. The Balaban J connectivity index is 0.000000173. The van der Waals surface area contributed by atoms with Gasteiger partial charge in [-0.05, 0) is 144 Å².